The fourth-order valence-corrected chi connectivity index (χ4v) is 1.72. The Morgan fingerprint density at radius 1 is 1.57 bits per heavy atom. The van der Waals surface area contributed by atoms with Gasteiger partial charge in [0.1, 0.15) is 18.2 Å². The number of anilines is 1. The van der Waals surface area contributed by atoms with Crippen LogP contribution in [0.25, 0.3) is 0 Å². The molecule has 0 saturated carbocycles. The van der Waals surface area contributed by atoms with Crippen molar-refractivity contribution < 1.29 is 19.0 Å². The van der Waals surface area contributed by atoms with Gasteiger partial charge in [0, 0.05) is 18.7 Å². The average Bonchev–Trinajstić information content (AvgIpc) is 2.47. The van der Waals surface area contributed by atoms with E-state index in [1.54, 1.807) is 0 Å². The number of urea groups is 1. The van der Waals surface area contributed by atoms with Crippen molar-refractivity contribution in [1.82, 2.24) is 5.32 Å². The van der Waals surface area contributed by atoms with Crippen LogP contribution in [0, 0.1) is 18.2 Å². The van der Waals surface area contributed by atoms with Crippen LogP contribution in [0.5, 0.6) is 5.75 Å². The molecule has 0 aromatic heterocycles. The van der Waals surface area contributed by atoms with Crippen molar-refractivity contribution in [2.45, 2.75) is 25.8 Å². The molecule has 5 nitrogen and oxygen atoms in total. The van der Waals surface area contributed by atoms with Crippen LogP contribution in [-0.4, -0.2) is 30.4 Å². The summed E-state index contributed by atoms with van der Waals surface area (Å²) in [4.78, 5) is 11.9. The standard InChI is InChI=1S/C15H19FN2O3/c1-3-9-21-14-10-11(16)5-6-13(14)18-15(20)17-12(4-2)7-8-19/h1,5-6,10,12,19H,4,7-9H2,2H3,(H2,17,18,20). The molecule has 2 amide bonds. The number of carbonyl (C=O) groups excluding carboxylic acids is 1. The molecule has 0 saturated heterocycles. The summed E-state index contributed by atoms with van der Waals surface area (Å²) >= 11 is 0. The Bertz CT molecular complexity index is 514. The molecule has 3 N–H and O–H groups in total. The van der Waals surface area contributed by atoms with Crippen molar-refractivity contribution in [2.24, 2.45) is 0 Å². The van der Waals surface area contributed by atoms with Gasteiger partial charge in [-0.3, -0.25) is 0 Å². The Morgan fingerprint density at radius 3 is 2.95 bits per heavy atom. The highest BCUT2D eigenvalue weighted by Gasteiger charge is 2.12. The SMILES string of the molecule is C#CCOc1cc(F)ccc1NC(=O)NC(CC)CCO. The van der Waals surface area contributed by atoms with Gasteiger partial charge >= 0.3 is 6.03 Å². The lowest BCUT2D eigenvalue weighted by atomic mass is 10.2. The Morgan fingerprint density at radius 2 is 2.33 bits per heavy atom. The fraction of sp³-hybridized carbons (Fsp3) is 0.400. The van der Waals surface area contributed by atoms with Crippen LogP contribution in [0.1, 0.15) is 19.8 Å². The number of aliphatic hydroxyl groups excluding tert-OH is 1. The van der Waals surface area contributed by atoms with Gasteiger partial charge in [-0.15, -0.1) is 6.42 Å². The quantitative estimate of drug-likeness (QED) is 0.675. The summed E-state index contributed by atoms with van der Waals surface area (Å²) in [5.41, 5.74) is 0.322. The van der Waals surface area contributed by atoms with E-state index in [0.717, 1.165) is 6.07 Å². The molecule has 6 heteroatoms. The topological polar surface area (TPSA) is 70.6 Å². The summed E-state index contributed by atoms with van der Waals surface area (Å²) in [5.74, 6) is 1.95. The third-order valence-electron chi connectivity index (χ3n) is 2.81. The predicted octanol–water partition coefficient (Wildman–Crippen LogP) is 2.12. The van der Waals surface area contributed by atoms with Gasteiger partial charge in [-0.2, -0.15) is 0 Å². The van der Waals surface area contributed by atoms with Crippen LogP contribution in [0.15, 0.2) is 18.2 Å². The minimum Gasteiger partial charge on any atom is -0.479 e. The summed E-state index contributed by atoms with van der Waals surface area (Å²) in [6.45, 7) is 1.87. The number of ether oxygens (including phenoxy) is 1. The van der Waals surface area contributed by atoms with Crippen molar-refractivity contribution in [3.63, 3.8) is 0 Å². The lowest BCUT2D eigenvalue weighted by molar-refractivity contribution is 0.237. The van der Waals surface area contributed by atoms with Crippen molar-refractivity contribution in [3.8, 4) is 18.1 Å². The number of benzene rings is 1. The van der Waals surface area contributed by atoms with Crippen molar-refractivity contribution in [2.75, 3.05) is 18.5 Å². The largest absolute Gasteiger partial charge is 0.479 e. The lowest BCUT2D eigenvalue weighted by Gasteiger charge is -2.17. The number of hydrogen-bond acceptors (Lipinski definition) is 3. The second kappa shape index (κ2) is 8.82. The number of terminal acetylenes is 1. The normalized spacial score (nSPS) is 11.3. The van der Waals surface area contributed by atoms with Crippen LogP contribution in [0.3, 0.4) is 0 Å². The maximum absolute atomic E-state index is 13.2. The smallest absolute Gasteiger partial charge is 0.319 e. The number of carbonyl (C=O) groups is 1. The van der Waals surface area contributed by atoms with Crippen LogP contribution in [0.4, 0.5) is 14.9 Å². The average molecular weight is 294 g/mol. The third-order valence-corrected chi connectivity index (χ3v) is 2.81. The Kier molecular flexibility index (Phi) is 7.05. The number of hydrogen-bond donors (Lipinski definition) is 3. The number of amides is 2. The van der Waals surface area contributed by atoms with E-state index in [4.69, 9.17) is 16.3 Å². The molecule has 21 heavy (non-hydrogen) atoms. The molecule has 1 aromatic rings. The lowest BCUT2D eigenvalue weighted by Crippen LogP contribution is -2.38. The summed E-state index contributed by atoms with van der Waals surface area (Å²) in [5, 5.41) is 14.2. The van der Waals surface area contributed by atoms with Crippen molar-refractivity contribution in [3.05, 3.63) is 24.0 Å². The van der Waals surface area contributed by atoms with Crippen molar-refractivity contribution >= 4 is 11.7 Å². The summed E-state index contributed by atoms with van der Waals surface area (Å²) in [6.07, 6.45) is 6.25. The van der Waals surface area contributed by atoms with Crippen LogP contribution >= 0.6 is 0 Å². The molecule has 1 aromatic carbocycles. The zero-order valence-electron chi connectivity index (χ0n) is 11.9. The Balaban J connectivity index is 2.72. The van der Waals surface area contributed by atoms with Crippen LogP contribution in [0.2, 0.25) is 0 Å². The minimum atomic E-state index is -0.486. The zero-order chi connectivity index (χ0) is 15.7. The van der Waals surface area contributed by atoms with E-state index < -0.39 is 11.8 Å². The molecular weight excluding hydrogens is 275 g/mol. The van der Waals surface area contributed by atoms with E-state index in [0.29, 0.717) is 18.5 Å². The van der Waals surface area contributed by atoms with Gasteiger partial charge in [-0.05, 0) is 25.0 Å². The molecule has 0 fully saturated rings. The predicted molar refractivity (Wildman–Crippen MR) is 78.7 cm³/mol. The van der Waals surface area contributed by atoms with E-state index in [9.17, 15) is 9.18 Å². The van der Waals surface area contributed by atoms with Crippen LogP contribution < -0.4 is 15.4 Å². The summed E-state index contributed by atoms with van der Waals surface area (Å²) < 4.78 is 18.4. The van der Waals surface area contributed by atoms with E-state index >= 15 is 0 Å². The van der Waals surface area contributed by atoms with E-state index in [-0.39, 0.29) is 25.0 Å². The molecule has 1 atom stereocenters. The molecule has 0 aliphatic rings. The van der Waals surface area contributed by atoms with Crippen LogP contribution in [-0.2, 0) is 0 Å². The highest BCUT2D eigenvalue weighted by molar-refractivity contribution is 5.91. The number of aliphatic hydroxyl groups is 1. The monoisotopic (exact) mass is 294 g/mol. The first kappa shape index (κ1) is 16.8. The van der Waals surface area contributed by atoms with Gasteiger partial charge in [-0.1, -0.05) is 12.8 Å². The summed E-state index contributed by atoms with van der Waals surface area (Å²) in [6, 6.07) is 3.17. The second-order valence-electron chi connectivity index (χ2n) is 4.35. The first-order valence-electron chi connectivity index (χ1n) is 6.64. The van der Waals surface area contributed by atoms with Gasteiger partial charge in [-0.25, -0.2) is 9.18 Å². The molecule has 1 rings (SSSR count). The number of rotatable bonds is 7. The molecule has 0 heterocycles. The highest BCUT2D eigenvalue weighted by Crippen LogP contribution is 2.25. The highest BCUT2D eigenvalue weighted by atomic mass is 19.1. The van der Waals surface area contributed by atoms with Gasteiger partial charge in [0.05, 0.1) is 5.69 Å². The maximum atomic E-state index is 13.2. The molecular formula is C15H19FN2O3. The molecule has 0 aliphatic carbocycles. The molecule has 1 unspecified atom stereocenters. The minimum absolute atomic E-state index is 0.00807. The van der Waals surface area contributed by atoms with Gasteiger partial charge in [0.2, 0.25) is 0 Å². The number of nitrogens with one attached hydrogen (secondary N) is 2. The van der Waals surface area contributed by atoms with Gasteiger partial charge in [0.25, 0.3) is 0 Å². The van der Waals surface area contributed by atoms with Gasteiger partial charge < -0.3 is 20.5 Å². The molecule has 0 radical (unpaired) electrons. The third kappa shape index (κ3) is 5.71. The van der Waals surface area contributed by atoms with Crippen molar-refractivity contribution in [1.29, 1.82) is 0 Å². The molecule has 114 valence electrons. The Hall–Kier alpha value is -2.26. The fourth-order valence-electron chi connectivity index (χ4n) is 1.72. The van der Waals surface area contributed by atoms with Gasteiger partial charge in [0.15, 0.2) is 0 Å². The second-order valence-corrected chi connectivity index (χ2v) is 4.35. The molecule has 0 aliphatic heterocycles. The molecule has 0 bridgehead atoms. The first-order chi connectivity index (χ1) is 10.1. The summed E-state index contributed by atoms with van der Waals surface area (Å²) in [7, 11) is 0. The molecule has 0 spiro atoms. The first-order valence-corrected chi connectivity index (χ1v) is 6.64. The van der Waals surface area contributed by atoms with E-state index in [1.165, 1.54) is 12.1 Å². The number of halogens is 1. The zero-order valence-corrected chi connectivity index (χ0v) is 11.9. The van der Waals surface area contributed by atoms with E-state index in [2.05, 4.69) is 16.6 Å². The van der Waals surface area contributed by atoms with E-state index in [1.807, 2.05) is 6.92 Å². The maximum Gasteiger partial charge on any atom is 0.319 e. The Labute approximate surface area is 123 Å².